The van der Waals surface area contributed by atoms with Crippen molar-refractivity contribution in [1.29, 1.82) is 0 Å². The van der Waals surface area contributed by atoms with Crippen molar-refractivity contribution < 1.29 is 18.3 Å². The largest absolute Gasteiger partial charge is 0.433 e. The maximum atomic E-state index is 12.6. The molecule has 0 aliphatic carbocycles. The third kappa shape index (κ3) is 4.41. The van der Waals surface area contributed by atoms with E-state index in [4.69, 9.17) is 0 Å². The lowest BCUT2D eigenvalue weighted by atomic mass is 9.96. The van der Waals surface area contributed by atoms with Gasteiger partial charge in [-0.05, 0) is 38.2 Å². The average molecular weight is 331 g/mol. The first kappa shape index (κ1) is 17.2. The summed E-state index contributed by atoms with van der Waals surface area (Å²) in [5.74, 6) is 0.507. The number of alkyl halides is 2. The molecule has 0 spiro atoms. The summed E-state index contributed by atoms with van der Waals surface area (Å²) in [6, 6.07) is 1.52. The van der Waals surface area contributed by atoms with Crippen molar-refractivity contribution in [2.24, 2.45) is 5.92 Å². The van der Waals surface area contributed by atoms with Gasteiger partial charge in [-0.1, -0.05) is 19.8 Å². The molecule has 6 heteroatoms. The van der Waals surface area contributed by atoms with Crippen LogP contribution in [0.1, 0.15) is 53.6 Å². The first-order valence-corrected chi connectivity index (χ1v) is 8.67. The Bertz CT molecular complexity index is 504. The van der Waals surface area contributed by atoms with Gasteiger partial charge in [0, 0.05) is 18.0 Å². The van der Waals surface area contributed by atoms with Gasteiger partial charge in [-0.2, -0.15) is 8.78 Å². The summed E-state index contributed by atoms with van der Waals surface area (Å²) in [6.45, 7) is 2.47. The van der Waals surface area contributed by atoms with Crippen LogP contribution in [0.3, 0.4) is 0 Å². The van der Waals surface area contributed by atoms with Crippen molar-refractivity contribution >= 4 is 17.2 Å². The second kappa shape index (κ2) is 7.90. The predicted octanol–water partition coefficient (Wildman–Crippen LogP) is 4.70. The van der Waals surface area contributed by atoms with Crippen LogP contribution in [0.5, 0.6) is 5.75 Å². The van der Waals surface area contributed by atoms with E-state index < -0.39 is 6.61 Å². The van der Waals surface area contributed by atoms with Crippen LogP contribution < -0.4 is 4.74 Å². The number of hydrogen-bond donors (Lipinski definition) is 0. The number of carbonyl (C=O) groups is 1. The first-order valence-electron chi connectivity index (χ1n) is 7.85. The maximum absolute atomic E-state index is 12.6. The fourth-order valence-electron chi connectivity index (χ4n) is 3.03. The zero-order valence-corrected chi connectivity index (χ0v) is 13.9. The number of halogens is 2. The molecule has 1 amide bonds. The lowest BCUT2D eigenvalue weighted by molar-refractivity contribution is -0.0499. The Hall–Kier alpha value is -1.17. The van der Waals surface area contributed by atoms with Crippen molar-refractivity contribution in [1.82, 2.24) is 4.90 Å². The van der Waals surface area contributed by atoms with Gasteiger partial charge in [-0.3, -0.25) is 4.79 Å². The molecule has 0 N–H and O–H groups in total. The number of likely N-dealkylation sites (tertiary alicyclic amines) is 1. The van der Waals surface area contributed by atoms with E-state index in [-0.39, 0.29) is 11.7 Å². The van der Waals surface area contributed by atoms with Crippen LogP contribution in [-0.4, -0.2) is 30.5 Å². The molecule has 3 nitrogen and oxygen atoms in total. The van der Waals surface area contributed by atoms with Crippen molar-refractivity contribution in [3.63, 3.8) is 0 Å². The lowest BCUT2D eigenvalue weighted by Crippen LogP contribution is -2.31. The Morgan fingerprint density at radius 2 is 2.23 bits per heavy atom. The topological polar surface area (TPSA) is 29.5 Å². The highest BCUT2D eigenvalue weighted by atomic mass is 32.1. The zero-order chi connectivity index (χ0) is 16.1. The molecule has 1 aliphatic rings. The van der Waals surface area contributed by atoms with Crippen LogP contribution in [0.15, 0.2) is 6.07 Å². The molecular weight excluding hydrogens is 308 g/mol. The van der Waals surface area contributed by atoms with E-state index in [9.17, 15) is 13.6 Å². The first-order chi connectivity index (χ1) is 10.5. The van der Waals surface area contributed by atoms with Crippen molar-refractivity contribution in [2.45, 2.75) is 52.6 Å². The summed E-state index contributed by atoms with van der Waals surface area (Å²) in [6.07, 6.45) is 5.47. The van der Waals surface area contributed by atoms with Crippen molar-refractivity contribution in [3.8, 4) is 5.75 Å². The quantitative estimate of drug-likeness (QED) is 0.782. The summed E-state index contributed by atoms with van der Waals surface area (Å²) < 4.78 is 29.4. The minimum absolute atomic E-state index is 0.0110. The van der Waals surface area contributed by atoms with Gasteiger partial charge < -0.3 is 9.64 Å². The highest BCUT2D eigenvalue weighted by Crippen LogP contribution is 2.32. The molecule has 0 saturated carbocycles. The van der Waals surface area contributed by atoms with Crippen LogP contribution >= 0.6 is 11.3 Å². The Morgan fingerprint density at radius 1 is 1.45 bits per heavy atom. The summed E-state index contributed by atoms with van der Waals surface area (Å²) >= 11 is 1.23. The molecule has 1 saturated heterocycles. The SMILES string of the molecule is CCCC1CCCN(C(=O)c2sc(C)cc2OC(F)F)CC1. The van der Waals surface area contributed by atoms with E-state index in [1.165, 1.54) is 23.8 Å². The smallest absolute Gasteiger partial charge is 0.387 e. The Labute approximate surface area is 134 Å². The van der Waals surface area contributed by atoms with Gasteiger partial charge in [0.15, 0.2) is 0 Å². The molecule has 1 atom stereocenters. The molecule has 0 radical (unpaired) electrons. The highest BCUT2D eigenvalue weighted by molar-refractivity contribution is 7.14. The van der Waals surface area contributed by atoms with Gasteiger partial charge in [0.2, 0.25) is 0 Å². The minimum Gasteiger partial charge on any atom is -0.433 e. The van der Waals surface area contributed by atoms with Crippen molar-refractivity contribution in [3.05, 3.63) is 15.8 Å². The zero-order valence-electron chi connectivity index (χ0n) is 13.1. The van der Waals surface area contributed by atoms with Gasteiger partial charge in [0.25, 0.3) is 5.91 Å². The number of nitrogens with zero attached hydrogens (tertiary/aromatic N) is 1. The van der Waals surface area contributed by atoms with Gasteiger partial charge in [0.1, 0.15) is 10.6 Å². The predicted molar refractivity (Wildman–Crippen MR) is 83.8 cm³/mol. The van der Waals surface area contributed by atoms with Crippen LogP contribution in [0.2, 0.25) is 0 Å². The molecule has 1 aliphatic heterocycles. The molecule has 124 valence electrons. The molecule has 2 heterocycles. The van der Waals surface area contributed by atoms with Gasteiger partial charge in [0.05, 0.1) is 0 Å². The van der Waals surface area contributed by atoms with Crippen LogP contribution in [0.25, 0.3) is 0 Å². The minimum atomic E-state index is -2.90. The summed E-state index contributed by atoms with van der Waals surface area (Å²) in [5.41, 5.74) is 0. The van der Waals surface area contributed by atoms with E-state index in [1.807, 2.05) is 0 Å². The summed E-state index contributed by atoms with van der Waals surface area (Å²) in [7, 11) is 0. The van der Waals surface area contributed by atoms with Gasteiger partial charge >= 0.3 is 6.61 Å². The number of ether oxygens (including phenoxy) is 1. The Morgan fingerprint density at radius 3 is 2.91 bits per heavy atom. The number of carbonyl (C=O) groups excluding carboxylic acids is 1. The lowest BCUT2D eigenvalue weighted by Gasteiger charge is -2.20. The molecular formula is C16H23F2NO2S. The fraction of sp³-hybridized carbons (Fsp3) is 0.688. The molecule has 1 aromatic rings. The number of aryl methyl sites for hydroxylation is 1. The monoisotopic (exact) mass is 331 g/mol. The highest BCUT2D eigenvalue weighted by Gasteiger charge is 2.26. The second-order valence-electron chi connectivity index (χ2n) is 5.81. The summed E-state index contributed by atoms with van der Waals surface area (Å²) in [4.78, 5) is 15.5. The summed E-state index contributed by atoms with van der Waals surface area (Å²) in [5, 5.41) is 0. The van der Waals surface area contributed by atoms with Crippen LogP contribution in [0.4, 0.5) is 8.78 Å². The Kier molecular flexibility index (Phi) is 6.17. The second-order valence-corrected chi connectivity index (χ2v) is 7.06. The number of hydrogen-bond acceptors (Lipinski definition) is 3. The third-order valence-corrected chi connectivity index (χ3v) is 5.08. The third-order valence-electron chi connectivity index (χ3n) is 4.06. The normalized spacial score (nSPS) is 19.3. The number of thiophene rings is 1. The van der Waals surface area contributed by atoms with E-state index in [0.29, 0.717) is 23.9 Å². The van der Waals surface area contributed by atoms with E-state index >= 15 is 0 Å². The Balaban J connectivity index is 2.08. The molecule has 1 aromatic heterocycles. The van der Waals surface area contributed by atoms with Crippen molar-refractivity contribution in [2.75, 3.05) is 13.1 Å². The molecule has 0 bridgehead atoms. The molecule has 1 fully saturated rings. The maximum Gasteiger partial charge on any atom is 0.387 e. The van der Waals surface area contributed by atoms with Crippen LogP contribution in [0, 0.1) is 12.8 Å². The number of rotatable bonds is 5. The van der Waals surface area contributed by atoms with Crippen LogP contribution in [-0.2, 0) is 0 Å². The van der Waals surface area contributed by atoms with E-state index in [0.717, 1.165) is 30.6 Å². The van der Waals surface area contributed by atoms with E-state index in [2.05, 4.69) is 11.7 Å². The molecule has 22 heavy (non-hydrogen) atoms. The van der Waals surface area contributed by atoms with Gasteiger partial charge in [-0.15, -0.1) is 11.3 Å². The van der Waals surface area contributed by atoms with E-state index in [1.54, 1.807) is 11.8 Å². The average Bonchev–Trinajstić information content (AvgIpc) is 2.67. The standard InChI is InChI=1S/C16H23F2NO2S/c1-3-5-12-6-4-8-19(9-7-12)15(20)14-13(21-16(17)18)10-11(2)22-14/h10,12,16H,3-9H2,1-2H3. The molecule has 0 aromatic carbocycles. The fourth-order valence-corrected chi connectivity index (χ4v) is 3.94. The van der Waals surface area contributed by atoms with Gasteiger partial charge in [-0.25, -0.2) is 0 Å². The molecule has 2 rings (SSSR count). The number of amides is 1. The molecule has 1 unspecified atom stereocenters.